The van der Waals surface area contributed by atoms with Crippen LogP contribution in [0.15, 0.2) is 27.8 Å². The number of nitrogens with one attached hydrogen (secondary N) is 1. The Morgan fingerprint density at radius 2 is 2.23 bits per heavy atom. The van der Waals surface area contributed by atoms with Gasteiger partial charge in [-0.3, -0.25) is 4.99 Å². The summed E-state index contributed by atoms with van der Waals surface area (Å²) in [6.07, 6.45) is 6.22. The summed E-state index contributed by atoms with van der Waals surface area (Å²) in [5.41, 5.74) is 0.454. The molecule has 1 aromatic rings. The molecule has 0 saturated carbocycles. The maximum absolute atomic E-state index is 5.53. The summed E-state index contributed by atoms with van der Waals surface area (Å²) in [6, 6.07) is 3.94. The van der Waals surface area contributed by atoms with E-state index in [4.69, 9.17) is 14.1 Å². The topological polar surface area (TPSA) is 50.0 Å². The van der Waals surface area contributed by atoms with Crippen molar-refractivity contribution in [2.24, 2.45) is 10.4 Å². The van der Waals surface area contributed by atoms with Gasteiger partial charge in [0.25, 0.3) is 0 Å². The van der Waals surface area contributed by atoms with Crippen LogP contribution in [-0.4, -0.2) is 50.3 Å². The molecule has 2 fully saturated rings. The zero-order valence-electron chi connectivity index (χ0n) is 13.5. The molecule has 122 valence electrons. The minimum Gasteiger partial charge on any atom is -0.469 e. The van der Waals surface area contributed by atoms with Gasteiger partial charge in [0, 0.05) is 45.8 Å². The van der Waals surface area contributed by atoms with Gasteiger partial charge in [-0.15, -0.1) is 0 Å². The van der Waals surface area contributed by atoms with Crippen LogP contribution in [0.2, 0.25) is 0 Å². The first kappa shape index (κ1) is 15.4. The zero-order valence-corrected chi connectivity index (χ0v) is 13.5. The second kappa shape index (κ2) is 7.18. The Morgan fingerprint density at radius 3 is 2.95 bits per heavy atom. The third kappa shape index (κ3) is 3.64. The van der Waals surface area contributed by atoms with Crippen molar-refractivity contribution in [2.45, 2.75) is 32.6 Å². The van der Waals surface area contributed by atoms with E-state index >= 15 is 0 Å². The molecule has 3 heterocycles. The van der Waals surface area contributed by atoms with E-state index in [1.54, 1.807) is 6.26 Å². The van der Waals surface area contributed by atoms with E-state index in [1.165, 1.54) is 19.3 Å². The number of hydrogen-bond acceptors (Lipinski definition) is 3. The Labute approximate surface area is 132 Å². The molecule has 1 N–H and O–H groups in total. The second-order valence-corrected chi connectivity index (χ2v) is 6.35. The summed E-state index contributed by atoms with van der Waals surface area (Å²) in [6.45, 7) is 7.85. The Bertz CT molecular complexity index is 478. The minimum atomic E-state index is 0.454. The van der Waals surface area contributed by atoms with Crippen molar-refractivity contribution >= 4 is 5.96 Å². The van der Waals surface area contributed by atoms with Crippen molar-refractivity contribution in [1.82, 2.24) is 10.2 Å². The SMILES string of the molecule is CCNC(=NCCc1ccco1)N1CCC2(CCOCC2)C1. The molecule has 0 aliphatic carbocycles. The van der Waals surface area contributed by atoms with Gasteiger partial charge in [-0.25, -0.2) is 0 Å². The first-order valence-corrected chi connectivity index (χ1v) is 8.45. The van der Waals surface area contributed by atoms with Crippen LogP contribution in [0.1, 0.15) is 31.9 Å². The average Bonchev–Trinajstić information content (AvgIpc) is 3.18. The minimum absolute atomic E-state index is 0.454. The van der Waals surface area contributed by atoms with Gasteiger partial charge in [-0.05, 0) is 43.7 Å². The highest BCUT2D eigenvalue weighted by molar-refractivity contribution is 5.80. The molecule has 2 aliphatic rings. The Kier molecular flexibility index (Phi) is 5.03. The molecule has 0 atom stereocenters. The second-order valence-electron chi connectivity index (χ2n) is 6.35. The molecule has 2 saturated heterocycles. The van der Waals surface area contributed by atoms with Gasteiger partial charge in [-0.2, -0.15) is 0 Å². The predicted octanol–water partition coefficient (Wildman–Crippen LogP) is 2.29. The first-order chi connectivity index (χ1) is 10.8. The van der Waals surface area contributed by atoms with Crippen LogP contribution in [0.25, 0.3) is 0 Å². The molecule has 0 unspecified atom stereocenters. The first-order valence-electron chi connectivity index (χ1n) is 8.45. The van der Waals surface area contributed by atoms with E-state index < -0.39 is 0 Å². The van der Waals surface area contributed by atoms with Gasteiger partial charge in [0.2, 0.25) is 0 Å². The molecule has 5 nitrogen and oxygen atoms in total. The van der Waals surface area contributed by atoms with Gasteiger partial charge in [-0.1, -0.05) is 0 Å². The van der Waals surface area contributed by atoms with Gasteiger partial charge in [0.05, 0.1) is 6.26 Å². The molecule has 0 radical (unpaired) electrons. The third-order valence-corrected chi connectivity index (χ3v) is 4.83. The Balaban J connectivity index is 1.58. The molecule has 0 aromatic carbocycles. The summed E-state index contributed by atoms with van der Waals surface area (Å²) in [4.78, 5) is 7.22. The van der Waals surface area contributed by atoms with E-state index in [2.05, 4.69) is 17.1 Å². The molecule has 1 aromatic heterocycles. The van der Waals surface area contributed by atoms with Crippen molar-refractivity contribution in [1.29, 1.82) is 0 Å². The predicted molar refractivity (Wildman–Crippen MR) is 87.1 cm³/mol. The highest BCUT2D eigenvalue weighted by Gasteiger charge is 2.40. The third-order valence-electron chi connectivity index (χ3n) is 4.83. The Morgan fingerprint density at radius 1 is 1.36 bits per heavy atom. The monoisotopic (exact) mass is 305 g/mol. The number of likely N-dealkylation sites (tertiary alicyclic amines) is 1. The lowest BCUT2D eigenvalue weighted by molar-refractivity contribution is 0.0217. The fourth-order valence-electron chi connectivity index (χ4n) is 3.48. The maximum Gasteiger partial charge on any atom is 0.193 e. The molecule has 0 amide bonds. The summed E-state index contributed by atoms with van der Waals surface area (Å²) in [5, 5.41) is 3.44. The van der Waals surface area contributed by atoms with Crippen molar-refractivity contribution in [3.8, 4) is 0 Å². The fourth-order valence-corrected chi connectivity index (χ4v) is 3.48. The quantitative estimate of drug-likeness (QED) is 0.685. The van der Waals surface area contributed by atoms with E-state index in [0.717, 1.165) is 57.5 Å². The van der Waals surface area contributed by atoms with Crippen LogP contribution < -0.4 is 5.32 Å². The van der Waals surface area contributed by atoms with Crippen LogP contribution >= 0.6 is 0 Å². The fraction of sp³-hybridized carbons (Fsp3) is 0.706. The van der Waals surface area contributed by atoms with Crippen molar-refractivity contribution < 1.29 is 9.15 Å². The number of hydrogen-bond donors (Lipinski definition) is 1. The number of aliphatic imine (C=N–C) groups is 1. The molecule has 2 aliphatic heterocycles. The number of guanidine groups is 1. The lowest BCUT2D eigenvalue weighted by atomic mass is 9.80. The average molecular weight is 305 g/mol. The van der Waals surface area contributed by atoms with Crippen LogP contribution in [0, 0.1) is 5.41 Å². The van der Waals surface area contributed by atoms with Crippen molar-refractivity contribution in [3.63, 3.8) is 0 Å². The molecule has 5 heteroatoms. The molecule has 22 heavy (non-hydrogen) atoms. The Hall–Kier alpha value is -1.49. The molecule has 3 rings (SSSR count). The van der Waals surface area contributed by atoms with Gasteiger partial charge in [0.1, 0.15) is 5.76 Å². The van der Waals surface area contributed by atoms with Crippen molar-refractivity contribution in [2.75, 3.05) is 39.4 Å². The van der Waals surface area contributed by atoms with Gasteiger partial charge in [0.15, 0.2) is 5.96 Å². The summed E-state index contributed by atoms with van der Waals surface area (Å²) >= 11 is 0. The zero-order chi connectivity index (χ0) is 15.3. The van der Waals surface area contributed by atoms with Crippen LogP contribution in [-0.2, 0) is 11.2 Å². The highest BCUT2D eigenvalue weighted by Crippen LogP contribution is 2.39. The van der Waals surface area contributed by atoms with Crippen molar-refractivity contribution in [3.05, 3.63) is 24.2 Å². The molecule has 0 bridgehead atoms. The van der Waals surface area contributed by atoms with Gasteiger partial charge < -0.3 is 19.4 Å². The smallest absolute Gasteiger partial charge is 0.193 e. The summed E-state index contributed by atoms with van der Waals surface area (Å²) < 4.78 is 10.9. The van der Waals surface area contributed by atoms with E-state index in [9.17, 15) is 0 Å². The van der Waals surface area contributed by atoms with Gasteiger partial charge >= 0.3 is 0 Å². The lowest BCUT2D eigenvalue weighted by Gasteiger charge is -2.33. The number of nitrogens with zero attached hydrogens (tertiary/aromatic N) is 2. The van der Waals surface area contributed by atoms with Crippen LogP contribution in [0.4, 0.5) is 0 Å². The normalized spacial score (nSPS) is 21.5. The van der Waals surface area contributed by atoms with E-state index in [0.29, 0.717) is 5.41 Å². The molecular formula is C17H27N3O2. The molecular weight excluding hydrogens is 278 g/mol. The molecule has 1 spiro atoms. The van der Waals surface area contributed by atoms with Crippen LogP contribution in [0.3, 0.4) is 0 Å². The standard InChI is InChI=1S/C17H27N3O2/c1-2-18-16(19-9-5-15-4-3-11-22-15)20-10-6-17(14-20)7-12-21-13-8-17/h3-4,11H,2,5-10,12-14H2,1H3,(H,18,19). The summed E-state index contributed by atoms with van der Waals surface area (Å²) in [7, 11) is 0. The number of ether oxygens (including phenoxy) is 1. The lowest BCUT2D eigenvalue weighted by Crippen LogP contribution is -2.42. The maximum atomic E-state index is 5.53. The van der Waals surface area contributed by atoms with Crippen LogP contribution in [0.5, 0.6) is 0 Å². The van der Waals surface area contributed by atoms with E-state index in [-0.39, 0.29) is 0 Å². The number of rotatable bonds is 4. The highest BCUT2D eigenvalue weighted by atomic mass is 16.5. The number of furan rings is 1. The van der Waals surface area contributed by atoms with E-state index in [1.807, 2.05) is 12.1 Å². The largest absolute Gasteiger partial charge is 0.469 e. The summed E-state index contributed by atoms with van der Waals surface area (Å²) in [5.74, 6) is 2.05.